The summed E-state index contributed by atoms with van der Waals surface area (Å²) < 4.78 is 14.0. The lowest BCUT2D eigenvalue weighted by molar-refractivity contribution is 0.603. The SMILES string of the molecule is Cc1nc(-c2ncccc2Br)nc(Cl)c1F. The summed E-state index contributed by atoms with van der Waals surface area (Å²) in [6.45, 7) is 1.53. The van der Waals surface area contributed by atoms with E-state index in [0.717, 1.165) is 4.47 Å². The molecule has 82 valence electrons. The molecule has 0 saturated heterocycles. The second kappa shape index (κ2) is 4.43. The number of pyridine rings is 1. The van der Waals surface area contributed by atoms with Crippen molar-refractivity contribution in [2.24, 2.45) is 0 Å². The van der Waals surface area contributed by atoms with E-state index in [1.807, 2.05) is 0 Å². The first-order valence-electron chi connectivity index (χ1n) is 4.40. The summed E-state index contributed by atoms with van der Waals surface area (Å²) >= 11 is 8.97. The highest BCUT2D eigenvalue weighted by Gasteiger charge is 2.13. The van der Waals surface area contributed by atoms with Crippen LogP contribution in [0.25, 0.3) is 11.5 Å². The molecule has 0 amide bonds. The zero-order valence-electron chi connectivity index (χ0n) is 8.21. The average Bonchev–Trinajstić information content (AvgIpc) is 2.26. The van der Waals surface area contributed by atoms with Gasteiger partial charge in [0.1, 0.15) is 5.69 Å². The van der Waals surface area contributed by atoms with Gasteiger partial charge in [-0.2, -0.15) is 0 Å². The van der Waals surface area contributed by atoms with Crippen LogP contribution in [0.4, 0.5) is 4.39 Å². The second-order valence-corrected chi connectivity index (χ2v) is 4.28. The molecule has 2 rings (SSSR count). The summed E-state index contributed by atoms with van der Waals surface area (Å²) in [6, 6.07) is 3.57. The summed E-state index contributed by atoms with van der Waals surface area (Å²) in [4.78, 5) is 12.0. The molecule has 0 fully saturated rings. The molecule has 0 radical (unpaired) electrons. The largest absolute Gasteiger partial charge is 0.252 e. The molecule has 0 N–H and O–H groups in total. The van der Waals surface area contributed by atoms with Gasteiger partial charge in [-0.25, -0.2) is 14.4 Å². The fourth-order valence-electron chi connectivity index (χ4n) is 1.18. The molecule has 0 aliphatic rings. The Kier molecular flexibility index (Phi) is 3.16. The number of aromatic nitrogens is 3. The molecule has 2 aromatic rings. The number of nitrogens with zero attached hydrogens (tertiary/aromatic N) is 3. The maximum atomic E-state index is 13.2. The molecule has 0 unspecified atom stereocenters. The normalized spacial score (nSPS) is 10.5. The van der Waals surface area contributed by atoms with Crippen LogP contribution in [0.15, 0.2) is 22.8 Å². The van der Waals surface area contributed by atoms with Crippen molar-refractivity contribution < 1.29 is 4.39 Å². The van der Waals surface area contributed by atoms with E-state index < -0.39 is 5.82 Å². The van der Waals surface area contributed by atoms with Crippen molar-refractivity contribution in [3.05, 3.63) is 39.5 Å². The molecular weight excluding hydrogens is 296 g/mol. The van der Waals surface area contributed by atoms with E-state index in [0.29, 0.717) is 11.5 Å². The van der Waals surface area contributed by atoms with Gasteiger partial charge in [-0.05, 0) is 35.0 Å². The minimum Gasteiger partial charge on any atom is -0.252 e. The second-order valence-electron chi connectivity index (χ2n) is 3.07. The van der Waals surface area contributed by atoms with Gasteiger partial charge in [-0.1, -0.05) is 11.6 Å². The molecular formula is C10H6BrClFN3. The number of rotatable bonds is 1. The van der Waals surface area contributed by atoms with Gasteiger partial charge in [0.25, 0.3) is 0 Å². The minimum atomic E-state index is -0.600. The molecule has 6 heteroatoms. The van der Waals surface area contributed by atoms with E-state index in [-0.39, 0.29) is 10.8 Å². The lowest BCUT2D eigenvalue weighted by Crippen LogP contribution is -1.99. The summed E-state index contributed by atoms with van der Waals surface area (Å²) in [5.41, 5.74) is 0.736. The van der Waals surface area contributed by atoms with Crippen LogP contribution in [0.3, 0.4) is 0 Å². The van der Waals surface area contributed by atoms with Crippen molar-refractivity contribution in [3.8, 4) is 11.5 Å². The van der Waals surface area contributed by atoms with Crippen LogP contribution in [0.5, 0.6) is 0 Å². The highest BCUT2D eigenvalue weighted by atomic mass is 79.9. The Balaban J connectivity index is 2.62. The van der Waals surface area contributed by atoms with Gasteiger partial charge in [0.2, 0.25) is 0 Å². The van der Waals surface area contributed by atoms with Crippen LogP contribution in [-0.2, 0) is 0 Å². The predicted octanol–water partition coefficient (Wildman–Crippen LogP) is 3.40. The molecule has 3 nitrogen and oxygen atoms in total. The average molecular weight is 303 g/mol. The topological polar surface area (TPSA) is 38.7 Å². The Morgan fingerprint density at radius 2 is 2.12 bits per heavy atom. The summed E-state index contributed by atoms with van der Waals surface area (Å²) in [7, 11) is 0. The van der Waals surface area contributed by atoms with Crippen LogP contribution in [0.1, 0.15) is 5.69 Å². The van der Waals surface area contributed by atoms with Gasteiger partial charge >= 0.3 is 0 Å². The lowest BCUT2D eigenvalue weighted by atomic mass is 10.3. The van der Waals surface area contributed by atoms with E-state index >= 15 is 0 Å². The van der Waals surface area contributed by atoms with Crippen molar-refractivity contribution in [3.63, 3.8) is 0 Å². The van der Waals surface area contributed by atoms with Crippen molar-refractivity contribution in [2.45, 2.75) is 6.92 Å². The molecule has 2 heterocycles. The summed E-state index contributed by atoms with van der Waals surface area (Å²) in [5.74, 6) is -0.297. The number of aryl methyl sites for hydroxylation is 1. The molecule has 0 saturated carbocycles. The van der Waals surface area contributed by atoms with Gasteiger partial charge in [0, 0.05) is 10.7 Å². The molecule has 16 heavy (non-hydrogen) atoms. The fourth-order valence-corrected chi connectivity index (χ4v) is 1.83. The zero-order valence-corrected chi connectivity index (χ0v) is 10.5. The standard InChI is InChI=1S/C10H6BrClFN3/c1-5-7(13)9(12)16-10(15-5)8-6(11)3-2-4-14-8/h2-4H,1H3. The Morgan fingerprint density at radius 1 is 1.38 bits per heavy atom. The van der Waals surface area contributed by atoms with Crippen molar-refractivity contribution >= 4 is 27.5 Å². The maximum absolute atomic E-state index is 13.2. The van der Waals surface area contributed by atoms with Crippen molar-refractivity contribution in [1.29, 1.82) is 0 Å². The van der Waals surface area contributed by atoms with Crippen LogP contribution in [-0.4, -0.2) is 15.0 Å². The maximum Gasteiger partial charge on any atom is 0.181 e. The predicted molar refractivity (Wildman–Crippen MR) is 62.7 cm³/mol. The highest BCUT2D eigenvalue weighted by Crippen LogP contribution is 2.25. The first-order valence-corrected chi connectivity index (χ1v) is 5.57. The molecule has 0 bridgehead atoms. The van der Waals surface area contributed by atoms with Gasteiger partial charge in [-0.15, -0.1) is 0 Å². The van der Waals surface area contributed by atoms with Gasteiger partial charge < -0.3 is 0 Å². The van der Waals surface area contributed by atoms with E-state index in [4.69, 9.17) is 11.6 Å². The Morgan fingerprint density at radius 3 is 2.75 bits per heavy atom. The number of hydrogen-bond acceptors (Lipinski definition) is 3. The Bertz CT molecular complexity index is 524. The third-order valence-electron chi connectivity index (χ3n) is 1.95. The van der Waals surface area contributed by atoms with Crippen LogP contribution in [0, 0.1) is 12.7 Å². The minimum absolute atomic E-state index is 0.194. The van der Waals surface area contributed by atoms with Crippen molar-refractivity contribution in [1.82, 2.24) is 15.0 Å². The Hall–Kier alpha value is -1.07. The first-order chi connectivity index (χ1) is 7.59. The number of halogens is 3. The van der Waals surface area contributed by atoms with Crippen molar-refractivity contribution in [2.75, 3.05) is 0 Å². The molecule has 0 atom stereocenters. The molecule has 0 aromatic carbocycles. The van der Waals surface area contributed by atoms with Crippen LogP contribution < -0.4 is 0 Å². The van der Waals surface area contributed by atoms with Crippen LogP contribution >= 0.6 is 27.5 Å². The van der Waals surface area contributed by atoms with Gasteiger partial charge in [-0.3, -0.25) is 4.98 Å². The molecule has 0 aliphatic carbocycles. The quantitative estimate of drug-likeness (QED) is 0.758. The Labute approximate surface area is 105 Å². The number of hydrogen-bond donors (Lipinski definition) is 0. The molecule has 0 spiro atoms. The van der Waals surface area contributed by atoms with Crippen LogP contribution in [0.2, 0.25) is 5.15 Å². The molecule has 0 aliphatic heterocycles. The van der Waals surface area contributed by atoms with E-state index in [1.54, 1.807) is 18.3 Å². The fraction of sp³-hybridized carbons (Fsp3) is 0.100. The summed E-state index contributed by atoms with van der Waals surface area (Å²) in [5, 5.41) is -0.194. The summed E-state index contributed by atoms with van der Waals surface area (Å²) in [6.07, 6.45) is 1.61. The smallest absolute Gasteiger partial charge is 0.181 e. The third-order valence-corrected chi connectivity index (χ3v) is 2.84. The zero-order chi connectivity index (χ0) is 11.7. The highest BCUT2D eigenvalue weighted by molar-refractivity contribution is 9.10. The monoisotopic (exact) mass is 301 g/mol. The third kappa shape index (κ3) is 2.05. The van der Waals surface area contributed by atoms with Gasteiger partial charge in [0.15, 0.2) is 16.8 Å². The first kappa shape index (κ1) is 11.4. The van der Waals surface area contributed by atoms with E-state index in [9.17, 15) is 4.39 Å². The molecule has 2 aromatic heterocycles. The van der Waals surface area contributed by atoms with Gasteiger partial charge in [0.05, 0.1) is 5.69 Å². The lowest BCUT2D eigenvalue weighted by Gasteiger charge is -2.04. The van der Waals surface area contributed by atoms with E-state index in [1.165, 1.54) is 6.92 Å². The van der Waals surface area contributed by atoms with E-state index in [2.05, 4.69) is 30.9 Å².